The van der Waals surface area contributed by atoms with Gasteiger partial charge < -0.3 is 10.3 Å². The molecule has 3 aromatic heterocycles. The zero-order valence-corrected chi connectivity index (χ0v) is 14.1. The number of amides is 1. The lowest BCUT2D eigenvalue weighted by Crippen LogP contribution is -2.30. The van der Waals surface area contributed by atoms with Crippen molar-refractivity contribution >= 4 is 17.2 Å². The van der Waals surface area contributed by atoms with Crippen molar-refractivity contribution in [2.45, 2.75) is 25.8 Å². The first kappa shape index (κ1) is 15.6. The van der Waals surface area contributed by atoms with Gasteiger partial charge in [0.15, 0.2) is 0 Å². The topological polar surface area (TPSA) is 101 Å². The molecule has 0 unspecified atom stereocenters. The molecule has 0 aromatic carbocycles. The number of H-pyrrole nitrogens is 1. The van der Waals surface area contributed by atoms with Crippen LogP contribution in [0.5, 0.6) is 0 Å². The van der Waals surface area contributed by atoms with Gasteiger partial charge in [0.1, 0.15) is 16.3 Å². The van der Waals surface area contributed by atoms with Crippen LogP contribution in [0.4, 0.5) is 0 Å². The summed E-state index contributed by atoms with van der Waals surface area (Å²) in [5, 5.41) is 5.36. The molecule has 0 saturated carbocycles. The van der Waals surface area contributed by atoms with E-state index >= 15 is 0 Å². The van der Waals surface area contributed by atoms with Crippen LogP contribution >= 0.6 is 11.3 Å². The first-order valence-corrected chi connectivity index (χ1v) is 8.83. The van der Waals surface area contributed by atoms with E-state index in [9.17, 15) is 9.59 Å². The van der Waals surface area contributed by atoms with Crippen molar-refractivity contribution in [2.75, 3.05) is 0 Å². The Morgan fingerprint density at radius 3 is 3.08 bits per heavy atom. The fourth-order valence-electron chi connectivity index (χ4n) is 2.86. The average molecular weight is 353 g/mol. The van der Waals surface area contributed by atoms with Gasteiger partial charge >= 0.3 is 0 Å². The van der Waals surface area contributed by atoms with Crippen molar-refractivity contribution < 1.29 is 4.79 Å². The van der Waals surface area contributed by atoms with Crippen LogP contribution in [-0.4, -0.2) is 25.8 Å². The summed E-state index contributed by atoms with van der Waals surface area (Å²) in [6.07, 6.45) is 7.65. The van der Waals surface area contributed by atoms with Gasteiger partial charge in [0.05, 0.1) is 18.4 Å². The van der Waals surface area contributed by atoms with Gasteiger partial charge in [-0.15, -0.1) is 11.3 Å². The van der Waals surface area contributed by atoms with Gasteiger partial charge in [-0.3, -0.25) is 19.6 Å². The number of aromatic nitrogens is 4. The Hall–Kier alpha value is -2.87. The van der Waals surface area contributed by atoms with Gasteiger partial charge in [-0.05, 0) is 30.9 Å². The minimum Gasteiger partial charge on any atom is -0.346 e. The molecule has 0 fully saturated rings. The molecule has 0 aliphatic heterocycles. The van der Waals surface area contributed by atoms with E-state index < -0.39 is 0 Å². The summed E-state index contributed by atoms with van der Waals surface area (Å²) in [6.45, 7) is 0.256. The van der Waals surface area contributed by atoms with Gasteiger partial charge in [-0.1, -0.05) is 0 Å². The number of carbonyl (C=O) groups excluding carboxylic acids is 1. The lowest BCUT2D eigenvalue weighted by atomic mass is 10.1. The molecule has 0 spiro atoms. The first-order chi connectivity index (χ1) is 12.2. The molecular formula is C17H15N5O2S. The number of hydrogen-bond acceptors (Lipinski definition) is 6. The van der Waals surface area contributed by atoms with Crippen LogP contribution in [0.1, 0.15) is 33.7 Å². The largest absolute Gasteiger partial charge is 0.346 e. The molecule has 2 N–H and O–H groups in total. The summed E-state index contributed by atoms with van der Waals surface area (Å²) in [6, 6.07) is 1.71. The maximum absolute atomic E-state index is 12.3. The number of carbonyl (C=O) groups is 1. The highest BCUT2D eigenvalue weighted by Crippen LogP contribution is 2.21. The highest BCUT2D eigenvalue weighted by molar-refractivity contribution is 7.13. The second-order valence-corrected chi connectivity index (χ2v) is 6.64. The molecule has 1 aliphatic rings. The number of hydrogen-bond donors (Lipinski definition) is 2. The average Bonchev–Trinajstić information content (AvgIpc) is 3.28. The van der Waals surface area contributed by atoms with Gasteiger partial charge in [0.2, 0.25) is 0 Å². The zero-order valence-electron chi connectivity index (χ0n) is 13.3. The van der Waals surface area contributed by atoms with E-state index in [4.69, 9.17) is 0 Å². The second kappa shape index (κ2) is 6.56. The third kappa shape index (κ3) is 3.20. The smallest absolute Gasteiger partial charge is 0.261 e. The molecule has 126 valence electrons. The third-order valence-electron chi connectivity index (χ3n) is 4.10. The van der Waals surface area contributed by atoms with Gasteiger partial charge in [0, 0.05) is 23.5 Å². The Bertz CT molecular complexity index is 980. The first-order valence-electron chi connectivity index (χ1n) is 7.95. The molecule has 25 heavy (non-hydrogen) atoms. The molecule has 7 nitrogen and oxygen atoms in total. The van der Waals surface area contributed by atoms with E-state index in [-0.39, 0.29) is 23.6 Å². The fraction of sp³-hybridized carbons (Fsp3) is 0.235. The van der Waals surface area contributed by atoms with Crippen LogP contribution in [0.3, 0.4) is 0 Å². The summed E-state index contributed by atoms with van der Waals surface area (Å²) in [5.41, 5.74) is 3.25. The fourth-order valence-corrected chi connectivity index (χ4v) is 3.64. The van der Waals surface area contributed by atoms with E-state index in [1.54, 1.807) is 24.7 Å². The van der Waals surface area contributed by atoms with Crippen molar-refractivity contribution in [2.24, 2.45) is 0 Å². The molecule has 0 bridgehead atoms. The van der Waals surface area contributed by atoms with Crippen LogP contribution in [0.15, 0.2) is 34.8 Å². The summed E-state index contributed by atoms with van der Waals surface area (Å²) in [5.74, 6) is -0.384. The maximum atomic E-state index is 12.3. The highest BCUT2D eigenvalue weighted by atomic mass is 32.1. The lowest BCUT2D eigenvalue weighted by molar-refractivity contribution is 0.0949. The summed E-state index contributed by atoms with van der Waals surface area (Å²) >= 11 is 1.44. The number of fused-ring (bicyclic) bond motifs is 1. The number of rotatable bonds is 4. The summed E-state index contributed by atoms with van der Waals surface area (Å²) in [4.78, 5) is 39.9. The number of aromatic amines is 1. The lowest BCUT2D eigenvalue weighted by Gasteiger charge is -2.05. The number of nitrogens with one attached hydrogen (secondary N) is 2. The van der Waals surface area contributed by atoms with Gasteiger partial charge in [0.25, 0.3) is 11.5 Å². The number of aryl methyl sites for hydroxylation is 2. The molecule has 0 radical (unpaired) electrons. The monoisotopic (exact) mass is 353 g/mol. The summed E-state index contributed by atoms with van der Waals surface area (Å²) < 4.78 is 0. The molecule has 0 saturated heterocycles. The molecular weight excluding hydrogens is 338 g/mol. The third-order valence-corrected chi connectivity index (χ3v) is 5.01. The predicted octanol–water partition coefficient (Wildman–Crippen LogP) is 1.71. The number of thiazole rings is 1. The molecule has 3 aromatic rings. The van der Waals surface area contributed by atoms with Crippen molar-refractivity contribution in [3.05, 3.63) is 62.9 Å². The normalized spacial score (nSPS) is 12.8. The van der Waals surface area contributed by atoms with E-state index in [0.717, 1.165) is 41.2 Å². The van der Waals surface area contributed by atoms with Crippen molar-refractivity contribution in [3.8, 4) is 10.7 Å². The molecule has 4 rings (SSSR count). The minimum absolute atomic E-state index is 0.157. The predicted molar refractivity (Wildman–Crippen MR) is 93.4 cm³/mol. The molecule has 0 atom stereocenters. The zero-order chi connectivity index (χ0) is 17.2. The standard InChI is InChI=1S/C17H15N5O2S/c23-15(12-6-10-2-1-3-13(10)22-16(12)24)20-7-11-9-25-17(21-11)14-8-18-4-5-19-14/h4-6,8-9H,1-3,7H2,(H,20,23)(H,22,24). The Kier molecular flexibility index (Phi) is 4.10. The molecule has 8 heteroatoms. The van der Waals surface area contributed by atoms with Crippen LogP contribution in [0.25, 0.3) is 10.7 Å². The van der Waals surface area contributed by atoms with E-state index in [0.29, 0.717) is 5.69 Å². The Balaban J connectivity index is 1.46. The van der Waals surface area contributed by atoms with E-state index in [1.807, 2.05) is 5.38 Å². The number of nitrogens with zero attached hydrogens (tertiary/aromatic N) is 3. The SMILES string of the molecule is O=C(NCc1csc(-c2cnccn2)n1)c1cc2c([nH]c1=O)CCC2. The Labute approximate surface area is 147 Å². The van der Waals surface area contributed by atoms with Crippen molar-refractivity contribution in [1.29, 1.82) is 0 Å². The van der Waals surface area contributed by atoms with Crippen LogP contribution < -0.4 is 10.9 Å². The van der Waals surface area contributed by atoms with Crippen molar-refractivity contribution in [1.82, 2.24) is 25.3 Å². The highest BCUT2D eigenvalue weighted by Gasteiger charge is 2.18. The quantitative estimate of drug-likeness (QED) is 0.744. The maximum Gasteiger partial charge on any atom is 0.261 e. The van der Waals surface area contributed by atoms with Crippen molar-refractivity contribution in [3.63, 3.8) is 0 Å². The van der Waals surface area contributed by atoms with Gasteiger partial charge in [-0.2, -0.15) is 0 Å². The number of pyridine rings is 1. The van der Waals surface area contributed by atoms with E-state index in [2.05, 4.69) is 25.3 Å². The van der Waals surface area contributed by atoms with Crippen LogP contribution in [0, 0.1) is 0 Å². The van der Waals surface area contributed by atoms with Crippen LogP contribution in [-0.2, 0) is 19.4 Å². The summed E-state index contributed by atoms with van der Waals surface area (Å²) in [7, 11) is 0. The molecule has 1 amide bonds. The molecule has 1 aliphatic carbocycles. The second-order valence-electron chi connectivity index (χ2n) is 5.79. The Morgan fingerprint density at radius 1 is 1.32 bits per heavy atom. The van der Waals surface area contributed by atoms with E-state index in [1.165, 1.54) is 11.3 Å². The Morgan fingerprint density at radius 2 is 2.24 bits per heavy atom. The minimum atomic E-state index is -0.384. The molecule has 3 heterocycles. The van der Waals surface area contributed by atoms with Crippen LogP contribution in [0.2, 0.25) is 0 Å². The van der Waals surface area contributed by atoms with Gasteiger partial charge in [-0.25, -0.2) is 4.98 Å².